The fraction of sp³-hybridized carbons (Fsp3) is 0. The van der Waals surface area contributed by atoms with Crippen LogP contribution >= 0.6 is 0 Å². The third-order valence-corrected chi connectivity index (χ3v) is 13.5. The first-order valence-corrected chi connectivity index (χ1v) is 20.7. The molecule has 0 aliphatic heterocycles. The van der Waals surface area contributed by atoms with E-state index in [2.05, 4.69) is 227 Å². The summed E-state index contributed by atoms with van der Waals surface area (Å²) in [6, 6.07) is 77.2. The zero-order chi connectivity index (χ0) is 37.0. The Kier molecular flexibility index (Phi) is 7.84. The molecular formula is C52H35N3Se. The Bertz CT molecular complexity index is 3160. The van der Waals surface area contributed by atoms with E-state index in [0.29, 0.717) is 0 Å². The van der Waals surface area contributed by atoms with Crippen LogP contribution in [0.5, 0.6) is 0 Å². The smallest absolute Gasteiger partial charge is 0.0602 e. The van der Waals surface area contributed by atoms with E-state index in [1.54, 1.807) is 0 Å². The van der Waals surface area contributed by atoms with Crippen molar-refractivity contribution in [1.82, 2.24) is 4.57 Å². The van der Waals surface area contributed by atoms with Gasteiger partial charge >= 0.3 is 260 Å². The number of rotatable bonds is 7. The first-order valence-electron chi connectivity index (χ1n) is 19.0. The van der Waals surface area contributed by atoms with Crippen LogP contribution in [0.15, 0.2) is 212 Å². The number of fused-ring (bicyclic) bond motifs is 8. The molecule has 0 amide bonds. The SMILES string of the molecule is c1ccc(N(c2ccccc2)c2cccc(N(c3ccc4c(ccc5c6ccccc6[se]c45)c3)c3ccc4c(c3)c3ccccc3n4-c3ccccc3)c2)cc1. The number of benzene rings is 9. The number of hydrogen-bond donors (Lipinski definition) is 0. The van der Waals surface area contributed by atoms with Gasteiger partial charge in [-0.1, -0.05) is 60.7 Å². The van der Waals surface area contributed by atoms with Gasteiger partial charge in [0.2, 0.25) is 0 Å². The third kappa shape index (κ3) is 5.42. The molecule has 2 aromatic heterocycles. The van der Waals surface area contributed by atoms with Gasteiger partial charge in [0.25, 0.3) is 0 Å². The van der Waals surface area contributed by atoms with Crippen LogP contribution in [0.1, 0.15) is 0 Å². The summed E-state index contributed by atoms with van der Waals surface area (Å²) in [7, 11) is 0. The van der Waals surface area contributed by atoms with E-state index in [4.69, 9.17) is 0 Å². The van der Waals surface area contributed by atoms with E-state index in [0.717, 1.165) is 39.8 Å². The molecule has 0 aliphatic rings. The van der Waals surface area contributed by atoms with Crippen molar-refractivity contribution in [2.75, 3.05) is 9.80 Å². The molecule has 0 aliphatic carbocycles. The second-order valence-electron chi connectivity index (χ2n) is 14.2. The minimum absolute atomic E-state index is 0.275. The van der Waals surface area contributed by atoms with Crippen LogP contribution < -0.4 is 9.80 Å². The second kappa shape index (κ2) is 13.5. The zero-order valence-electron chi connectivity index (χ0n) is 30.5. The Morgan fingerprint density at radius 3 is 1.61 bits per heavy atom. The number of hydrogen-bond acceptors (Lipinski definition) is 2. The molecule has 11 aromatic rings. The van der Waals surface area contributed by atoms with E-state index in [-0.39, 0.29) is 14.5 Å². The van der Waals surface area contributed by atoms with Gasteiger partial charge in [-0.2, -0.15) is 0 Å². The van der Waals surface area contributed by atoms with Crippen LogP contribution in [0.25, 0.3) is 57.6 Å². The van der Waals surface area contributed by atoms with E-state index in [1.165, 1.54) is 51.9 Å². The molecule has 56 heavy (non-hydrogen) atoms. The Hall–Kier alpha value is -6.84. The molecule has 0 bridgehead atoms. The summed E-state index contributed by atoms with van der Waals surface area (Å²) in [5.41, 5.74) is 10.2. The van der Waals surface area contributed by atoms with Gasteiger partial charge in [0.15, 0.2) is 0 Å². The molecule has 0 radical (unpaired) electrons. The molecule has 4 heteroatoms. The summed E-state index contributed by atoms with van der Waals surface area (Å²) in [5, 5.41) is 7.82. The normalized spacial score (nSPS) is 11.6. The van der Waals surface area contributed by atoms with Gasteiger partial charge in [0.05, 0.1) is 0 Å². The monoisotopic (exact) mass is 781 g/mol. The van der Waals surface area contributed by atoms with Crippen molar-refractivity contribution in [3.05, 3.63) is 212 Å². The fourth-order valence-electron chi connectivity index (χ4n) is 8.41. The van der Waals surface area contributed by atoms with Crippen LogP contribution in [-0.2, 0) is 0 Å². The van der Waals surface area contributed by atoms with Crippen LogP contribution in [0.3, 0.4) is 0 Å². The van der Waals surface area contributed by atoms with Crippen LogP contribution in [0.4, 0.5) is 34.1 Å². The Morgan fingerprint density at radius 2 is 0.857 bits per heavy atom. The summed E-state index contributed by atoms with van der Waals surface area (Å²) in [5.74, 6) is 0. The molecular weight excluding hydrogens is 746 g/mol. The van der Waals surface area contributed by atoms with Gasteiger partial charge in [-0.05, 0) is 12.1 Å². The number of aromatic nitrogens is 1. The molecule has 0 saturated heterocycles. The van der Waals surface area contributed by atoms with Crippen molar-refractivity contribution in [3.63, 3.8) is 0 Å². The van der Waals surface area contributed by atoms with Crippen molar-refractivity contribution in [3.8, 4) is 5.69 Å². The quantitative estimate of drug-likeness (QED) is 0.149. The summed E-state index contributed by atoms with van der Waals surface area (Å²) in [6.07, 6.45) is 0. The number of para-hydroxylation sites is 4. The van der Waals surface area contributed by atoms with Gasteiger partial charge in [0, 0.05) is 0 Å². The summed E-state index contributed by atoms with van der Waals surface area (Å²) >= 11 is 0.275. The number of anilines is 6. The van der Waals surface area contributed by atoms with E-state index in [1.807, 2.05) is 0 Å². The summed E-state index contributed by atoms with van der Waals surface area (Å²) in [4.78, 5) is 4.76. The van der Waals surface area contributed by atoms with Crippen molar-refractivity contribution >= 4 is 100 Å². The Morgan fingerprint density at radius 1 is 0.321 bits per heavy atom. The maximum absolute atomic E-state index is 2.43. The topological polar surface area (TPSA) is 11.4 Å². The average molecular weight is 781 g/mol. The van der Waals surface area contributed by atoms with Gasteiger partial charge < -0.3 is 0 Å². The molecule has 264 valence electrons. The maximum atomic E-state index is 2.43. The fourth-order valence-corrected chi connectivity index (χ4v) is 11.0. The standard InChI is InChI=1S/C52H35N3Se/c1-4-15-37(16-5-1)53(38-17-6-2-7-18-38)40-21-14-22-41(34-40)54(42-28-31-44-36(33-42)27-30-47-46-24-11-13-26-51(46)56-52(44)47)43-29-32-50-48(35-43)45-23-10-12-25-49(45)55(50)39-19-8-3-9-20-39/h1-35H. The average Bonchev–Trinajstić information content (AvgIpc) is 3.81. The molecule has 0 N–H and O–H groups in total. The first kappa shape index (κ1) is 32.6. The molecule has 3 nitrogen and oxygen atoms in total. The van der Waals surface area contributed by atoms with Crippen molar-refractivity contribution in [2.24, 2.45) is 0 Å². The van der Waals surface area contributed by atoms with Crippen molar-refractivity contribution in [2.45, 2.75) is 0 Å². The van der Waals surface area contributed by atoms with E-state index < -0.39 is 0 Å². The zero-order valence-corrected chi connectivity index (χ0v) is 32.2. The molecule has 2 heterocycles. The van der Waals surface area contributed by atoms with Crippen LogP contribution in [-0.4, -0.2) is 19.1 Å². The Balaban J connectivity index is 1.13. The molecule has 0 fully saturated rings. The summed E-state index contributed by atoms with van der Waals surface area (Å²) in [6.45, 7) is 0. The minimum Gasteiger partial charge on any atom is -0.0602 e. The van der Waals surface area contributed by atoms with Gasteiger partial charge in [-0.25, -0.2) is 0 Å². The molecule has 9 aromatic carbocycles. The first-order chi connectivity index (χ1) is 27.8. The van der Waals surface area contributed by atoms with Crippen molar-refractivity contribution < 1.29 is 0 Å². The van der Waals surface area contributed by atoms with E-state index >= 15 is 0 Å². The predicted octanol–water partition coefficient (Wildman–Crippen LogP) is 14.2. The van der Waals surface area contributed by atoms with E-state index in [9.17, 15) is 0 Å². The van der Waals surface area contributed by atoms with Gasteiger partial charge in [-0.15, -0.1) is 0 Å². The molecule has 11 rings (SSSR count). The number of nitrogens with zero attached hydrogens (tertiary/aromatic N) is 3. The van der Waals surface area contributed by atoms with Crippen molar-refractivity contribution in [1.29, 1.82) is 0 Å². The van der Waals surface area contributed by atoms with Crippen LogP contribution in [0.2, 0.25) is 0 Å². The molecule has 0 unspecified atom stereocenters. The molecule has 0 spiro atoms. The van der Waals surface area contributed by atoms with Crippen LogP contribution in [0, 0.1) is 0 Å². The second-order valence-corrected chi connectivity index (χ2v) is 16.4. The third-order valence-electron chi connectivity index (χ3n) is 10.9. The van der Waals surface area contributed by atoms with Gasteiger partial charge in [-0.3, -0.25) is 0 Å². The predicted molar refractivity (Wildman–Crippen MR) is 240 cm³/mol. The minimum atomic E-state index is 0.275. The van der Waals surface area contributed by atoms with Gasteiger partial charge in [0.1, 0.15) is 0 Å². The molecule has 0 saturated carbocycles. The molecule has 0 atom stereocenters. The Labute approximate surface area is 331 Å². The summed E-state index contributed by atoms with van der Waals surface area (Å²) < 4.78 is 5.33.